The van der Waals surface area contributed by atoms with E-state index < -0.39 is 6.10 Å². The Balaban J connectivity index is 1.90. The molecule has 0 heterocycles. The maximum atomic E-state index is 12.5. The van der Waals surface area contributed by atoms with Gasteiger partial charge in [-0.05, 0) is 31.0 Å². The minimum atomic E-state index is -0.539. The van der Waals surface area contributed by atoms with Crippen LogP contribution in [0.25, 0.3) is 0 Å². The largest absolute Gasteiger partial charge is 0.388 e. The highest BCUT2D eigenvalue weighted by Crippen LogP contribution is 2.22. The van der Waals surface area contributed by atoms with Gasteiger partial charge in [-0.1, -0.05) is 48.5 Å². The van der Waals surface area contributed by atoms with Crippen molar-refractivity contribution in [3.8, 4) is 0 Å². The van der Waals surface area contributed by atoms with E-state index in [0.717, 1.165) is 16.8 Å². The molecule has 1 N–H and O–H groups in total. The third-order valence-corrected chi connectivity index (χ3v) is 4.71. The van der Waals surface area contributed by atoms with E-state index in [0.29, 0.717) is 18.1 Å². The van der Waals surface area contributed by atoms with E-state index >= 15 is 0 Å². The number of rotatable bonds is 7. The first-order valence-electron chi connectivity index (χ1n) is 7.80. The molecule has 0 aliphatic heterocycles. The van der Waals surface area contributed by atoms with Gasteiger partial charge >= 0.3 is 0 Å². The Bertz CT molecular complexity index is 630. The summed E-state index contributed by atoms with van der Waals surface area (Å²) in [6.07, 6.45) is -0.539. The molecule has 0 aliphatic carbocycles. The minimum absolute atomic E-state index is 0.0760. The molecule has 122 valence electrons. The number of para-hydroxylation sites is 1. The van der Waals surface area contributed by atoms with Gasteiger partial charge in [0.2, 0.25) is 5.91 Å². The summed E-state index contributed by atoms with van der Waals surface area (Å²) in [6, 6.07) is 17.5. The summed E-state index contributed by atoms with van der Waals surface area (Å²) >= 11 is 1.47. The van der Waals surface area contributed by atoms with Gasteiger partial charge in [0.1, 0.15) is 0 Å². The number of aryl methyl sites for hydroxylation is 1. The number of carbonyl (C=O) groups is 1. The zero-order valence-electron chi connectivity index (χ0n) is 13.6. The van der Waals surface area contributed by atoms with Gasteiger partial charge in [-0.15, -0.1) is 11.8 Å². The molecule has 23 heavy (non-hydrogen) atoms. The maximum absolute atomic E-state index is 12.5. The molecule has 3 nitrogen and oxygen atoms in total. The first-order chi connectivity index (χ1) is 11.1. The molecule has 0 radical (unpaired) electrons. The van der Waals surface area contributed by atoms with Gasteiger partial charge < -0.3 is 10.0 Å². The Hall–Kier alpha value is -1.78. The van der Waals surface area contributed by atoms with Crippen molar-refractivity contribution in [1.82, 2.24) is 0 Å². The Kier molecular flexibility index (Phi) is 6.68. The SMILES string of the molecule is CCN(C(=O)CSCC(O)c1ccccc1)c1ccccc1C. The number of aliphatic hydroxyl groups excluding tert-OH is 1. The van der Waals surface area contributed by atoms with Crippen LogP contribution in [0.15, 0.2) is 54.6 Å². The minimum Gasteiger partial charge on any atom is -0.388 e. The second-order valence-electron chi connectivity index (χ2n) is 5.37. The normalized spacial score (nSPS) is 12.0. The Morgan fingerprint density at radius 1 is 1.13 bits per heavy atom. The lowest BCUT2D eigenvalue weighted by Gasteiger charge is -2.23. The van der Waals surface area contributed by atoms with E-state index in [1.54, 1.807) is 4.90 Å². The number of amides is 1. The zero-order chi connectivity index (χ0) is 16.7. The topological polar surface area (TPSA) is 40.5 Å². The van der Waals surface area contributed by atoms with Crippen LogP contribution >= 0.6 is 11.8 Å². The van der Waals surface area contributed by atoms with Crippen molar-refractivity contribution in [2.75, 3.05) is 23.0 Å². The summed E-state index contributed by atoms with van der Waals surface area (Å²) in [6.45, 7) is 4.64. The Morgan fingerprint density at radius 3 is 2.43 bits per heavy atom. The van der Waals surface area contributed by atoms with E-state index in [-0.39, 0.29) is 5.91 Å². The van der Waals surface area contributed by atoms with Crippen LogP contribution in [0.5, 0.6) is 0 Å². The maximum Gasteiger partial charge on any atom is 0.236 e. The van der Waals surface area contributed by atoms with Crippen molar-refractivity contribution >= 4 is 23.4 Å². The summed E-state index contributed by atoms with van der Waals surface area (Å²) < 4.78 is 0. The smallest absolute Gasteiger partial charge is 0.236 e. The van der Waals surface area contributed by atoms with Crippen molar-refractivity contribution in [2.24, 2.45) is 0 Å². The molecule has 1 unspecified atom stereocenters. The summed E-state index contributed by atoms with van der Waals surface area (Å²) in [5.74, 6) is 0.958. The van der Waals surface area contributed by atoms with Crippen LogP contribution < -0.4 is 4.90 Å². The number of aliphatic hydroxyl groups is 1. The molecule has 0 aromatic heterocycles. The monoisotopic (exact) mass is 329 g/mol. The lowest BCUT2D eigenvalue weighted by molar-refractivity contribution is -0.116. The van der Waals surface area contributed by atoms with Crippen LogP contribution in [0, 0.1) is 6.92 Å². The van der Waals surface area contributed by atoms with Crippen LogP contribution in [0.4, 0.5) is 5.69 Å². The van der Waals surface area contributed by atoms with Crippen molar-refractivity contribution in [1.29, 1.82) is 0 Å². The molecule has 0 saturated carbocycles. The predicted molar refractivity (Wildman–Crippen MR) is 97.9 cm³/mol. The zero-order valence-corrected chi connectivity index (χ0v) is 14.4. The average molecular weight is 329 g/mol. The summed E-state index contributed by atoms with van der Waals surface area (Å²) in [4.78, 5) is 14.3. The third-order valence-electron chi connectivity index (χ3n) is 3.71. The molecule has 4 heteroatoms. The predicted octanol–water partition coefficient (Wildman–Crippen LogP) is 3.81. The molecule has 0 fully saturated rings. The van der Waals surface area contributed by atoms with E-state index in [4.69, 9.17) is 0 Å². The number of nitrogens with zero attached hydrogens (tertiary/aromatic N) is 1. The number of benzene rings is 2. The molecule has 0 aliphatic rings. The lowest BCUT2D eigenvalue weighted by atomic mass is 10.1. The fourth-order valence-electron chi connectivity index (χ4n) is 2.45. The van der Waals surface area contributed by atoms with Crippen molar-refractivity contribution in [3.63, 3.8) is 0 Å². The molecule has 2 aromatic rings. The molecule has 2 aromatic carbocycles. The van der Waals surface area contributed by atoms with Gasteiger partial charge in [0.15, 0.2) is 0 Å². The highest BCUT2D eigenvalue weighted by Gasteiger charge is 2.16. The van der Waals surface area contributed by atoms with Gasteiger partial charge in [-0.3, -0.25) is 4.79 Å². The molecule has 2 rings (SSSR count). The fourth-order valence-corrected chi connectivity index (χ4v) is 3.32. The highest BCUT2D eigenvalue weighted by molar-refractivity contribution is 8.00. The number of carbonyl (C=O) groups excluding carboxylic acids is 1. The second-order valence-corrected chi connectivity index (χ2v) is 6.40. The van der Waals surface area contributed by atoms with Gasteiger partial charge in [-0.25, -0.2) is 0 Å². The van der Waals surface area contributed by atoms with Gasteiger partial charge in [0, 0.05) is 18.0 Å². The molecule has 0 saturated heterocycles. The van der Waals surface area contributed by atoms with Crippen LogP contribution in [0.3, 0.4) is 0 Å². The second kappa shape index (κ2) is 8.75. The Labute approximate surface area is 142 Å². The van der Waals surface area contributed by atoms with Crippen LogP contribution in [-0.2, 0) is 4.79 Å². The van der Waals surface area contributed by atoms with Gasteiger partial charge in [0.05, 0.1) is 11.9 Å². The van der Waals surface area contributed by atoms with Gasteiger partial charge in [-0.2, -0.15) is 0 Å². The number of anilines is 1. The molecule has 1 amide bonds. The average Bonchev–Trinajstić information content (AvgIpc) is 2.58. The van der Waals surface area contributed by atoms with Crippen LogP contribution in [0.1, 0.15) is 24.2 Å². The standard InChI is InChI=1S/C19H23NO2S/c1-3-20(17-12-8-7-9-15(17)2)19(22)14-23-13-18(21)16-10-5-4-6-11-16/h4-12,18,21H,3,13-14H2,1-2H3. The first-order valence-corrected chi connectivity index (χ1v) is 8.95. The third kappa shape index (κ3) is 4.85. The summed E-state index contributed by atoms with van der Waals surface area (Å²) in [5.41, 5.74) is 2.94. The molecular formula is C19H23NO2S. The summed E-state index contributed by atoms with van der Waals surface area (Å²) in [5, 5.41) is 10.1. The fraction of sp³-hybridized carbons (Fsp3) is 0.316. The van der Waals surface area contributed by atoms with Crippen molar-refractivity contribution in [2.45, 2.75) is 20.0 Å². The Morgan fingerprint density at radius 2 is 1.78 bits per heavy atom. The van der Waals surface area contributed by atoms with Crippen LogP contribution in [-0.4, -0.2) is 29.1 Å². The van der Waals surface area contributed by atoms with E-state index in [1.165, 1.54) is 11.8 Å². The molecule has 0 bridgehead atoms. The van der Waals surface area contributed by atoms with E-state index in [2.05, 4.69) is 0 Å². The number of hydrogen-bond acceptors (Lipinski definition) is 3. The molecule has 0 spiro atoms. The quantitative estimate of drug-likeness (QED) is 0.839. The number of hydrogen-bond donors (Lipinski definition) is 1. The van der Waals surface area contributed by atoms with Crippen LogP contribution in [0.2, 0.25) is 0 Å². The van der Waals surface area contributed by atoms with Gasteiger partial charge in [0.25, 0.3) is 0 Å². The highest BCUT2D eigenvalue weighted by atomic mass is 32.2. The first kappa shape index (κ1) is 17.6. The van der Waals surface area contributed by atoms with E-state index in [1.807, 2.05) is 68.4 Å². The molecule has 1 atom stereocenters. The lowest BCUT2D eigenvalue weighted by Crippen LogP contribution is -2.32. The van der Waals surface area contributed by atoms with Crippen molar-refractivity contribution < 1.29 is 9.90 Å². The summed E-state index contributed by atoms with van der Waals surface area (Å²) in [7, 11) is 0. The number of thioether (sulfide) groups is 1. The van der Waals surface area contributed by atoms with E-state index in [9.17, 15) is 9.90 Å². The molecular weight excluding hydrogens is 306 g/mol. The van der Waals surface area contributed by atoms with Crippen molar-refractivity contribution in [3.05, 3.63) is 65.7 Å².